The van der Waals surface area contributed by atoms with E-state index in [1.165, 1.54) is 0 Å². The molecule has 5 atom stereocenters. The second-order valence-corrected chi connectivity index (χ2v) is 6.63. The highest BCUT2D eigenvalue weighted by atomic mass is 16.3. The van der Waals surface area contributed by atoms with Crippen LogP contribution in [0, 0.1) is 23.2 Å². The van der Waals surface area contributed by atoms with Crippen molar-refractivity contribution in [3.05, 3.63) is 12.2 Å². The maximum absolute atomic E-state index is 10.6. The summed E-state index contributed by atoms with van der Waals surface area (Å²) in [4.78, 5) is 0. The first-order valence-electron chi connectivity index (χ1n) is 6.91. The molecule has 2 saturated carbocycles. The van der Waals surface area contributed by atoms with Crippen LogP contribution >= 0.6 is 0 Å². The number of hydrogen-bond acceptors (Lipinski definition) is 2. The van der Waals surface area contributed by atoms with Crippen molar-refractivity contribution < 1.29 is 10.2 Å². The molecule has 2 rings (SSSR count). The minimum absolute atomic E-state index is 0.0902. The molecule has 0 unspecified atom stereocenters. The zero-order valence-electron chi connectivity index (χ0n) is 11.3. The molecule has 0 aromatic carbocycles. The monoisotopic (exact) mass is 238 g/mol. The fourth-order valence-corrected chi connectivity index (χ4v) is 4.06. The maximum Gasteiger partial charge on any atom is 0.0642 e. The fraction of sp³-hybridized carbons (Fsp3) is 0.867. The second-order valence-electron chi connectivity index (χ2n) is 6.63. The third-order valence-corrected chi connectivity index (χ3v) is 5.30. The topological polar surface area (TPSA) is 40.5 Å². The van der Waals surface area contributed by atoms with Gasteiger partial charge in [0.15, 0.2) is 0 Å². The maximum atomic E-state index is 10.6. The van der Waals surface area contributed by atoms with Gasteiger partial charge in [0.1, 0.15) is 0 Å². The predicted octanol–water partition coefficient (Wildman–Crippen LogP) is 2.75. The van der Waals surface area contributed by atoms with Crippen molar-refractivity contribution in [3.63, 3.8) is 0 Å². The van der Waals surface area contributed by atoms with E-state index in [4.69, 9.17) is 0 Å². The minimum atomic E-state index is -0.323. The Labute approximate surface area is 105 Å². The Balaban J connectivity index is 2.29. The lowest BCUT2D eigenvalue weighted by atomic mass is 9.53. The molecule has 2 heteroatoms. The lowest BCUT2D eigenvalue weighted by molar-refractivity contribution is -0.120. The minimum Gasteiger partial charge on any atom is -0.393 e. The van der Waals surface area contributed by atoms with Gasteiger partial charge in [-0.15, -0.1) is 0 Å². The third kappa shape index (κ3) is 1.96. The van der Waals surface area contributed by atoms with Crippen molar-refractivity contribution in [2.24, 2.45) is 23.2 Å². The lowest BCUT2D eigenvalue weighted by Gasteiger charge is -2.54. The molecular weight excluding hydrogens is 212 g/mol. The summed E-state index contributed by atoms with van der Waals surface area (Å²) in [6, 6.07) is 0. The quantitative estimate of drug-likeness (QED) is 0.690. The van der Waals surface area contributed by atoms with Gasteiger partial charge in [0.25, 0.3) is 0 Å². The van der Waals surface area contributed by atoms with Gasteiger partial charge < -0.3 is 10.2 Å². The molecule has 2 aliphatic carbocycles. The van der Waals surface area contributed by atoms with Crippen LogP contribution in [-0.2, 0) is 0 Å². The summed E-state index contributed by atoms with van der Waals surface area (Å²) >= 11 is 0. The largest absolute Gasteiger partial charge is 0.393 e. The van der Waals surface area contributed by atoms with E-state index in [-0.39, 0.29) is 23.5 Å². The van der Waals surface area contributed by atoms with Gasteiger partial charge in [0.2, 0.25) is 0 Å². The third-order valence-electron chi connectivity index (χ3n) is 5.30. The fourth-order valence-electron chi connectivity index (χ4n) is 4.06. The Kier molecular flexibility index (Phi) is 3.39. The number of rotatable bonds is 1. The Morgan fingerprint density at radius 2 is 1.94 bits per heavy atom. The van der Waals surface area contributed by atoms with E-state index < -0.39 is 0 Å². The Morgan fingerprint density at radius 1 is 1.29 bits per heavy atom. The van der Waals surface area contributed by atoms with Crippen molar-refractivity contribution in [3.8, 4) is 0 Å². The highest BCUT2D eigenvalue weighted by Gasteiger charge is 2.52. The van der Waals surface area contributed by atoms with E-state index in [0.717, 1.165) is 31.3 Å². The van der Waals surface area contributed by atoms with Crippen LogP contribution in [0.1, 0.15) is 46.5 Å². The van der Waals surface area contributed by atoms with Crippen LogP contribution in [0.3, 0.4) is 0 Å². The molecule has 98 valence electrons. The predicted molar refractivity (Wildman–Crippen MR) is 69.5 cm³/mol. The van der Waals surface area contributed by atoms with E-state index in [1.54, 1.807) is 0 Å². The summed E-state index contributed by atoms with van der Waals surface area (Å²) in [5.41, 5.74) is 0.996. The standard InChI is InChI=1S/C15H26O2/c1-9(2)11-7-8-15(4)12(16)6-5-10(3)13(15)14(11)17/h9,11-14,16-17H,3,5-8H2,1-2,4H3/t11-,12+,13+,14-,15-/m0/s1. The molecule has 0 heterocycles. The Hall–Kier alpha value is -0.340. The van der Waals surface area contributed by atoms with E-state index in [0.29, 0.717) is 11.8 Å². The van der Waals surface area contributed by atoms with Crippen molar-refractivity contribution in [1.82, 2.24) is 0 Å². The van der Waals surface area contributed by atoms with E-state index >= 15 is 0 Å². The van der Waals surface area contributed by atoms with Gasteiger partial charge in [0.05, 0.1) is 12.2 Å². The SMILES string of the molecule is C=C1CC[C@@H](O)[C@]2(C)CC[C@@H](C(C)C)[C@H](O)[C@@H]12. The molecule has 2 nitrogen and oxygen atoms in total. The average molecular weight is 238 g/mol. The number of hydrogen-bond donors (Lipinski definition) is 2. The average Bonchev–Trinajstić information content (AvgIpc) is 2.23. The highest BCUT2D eigenvalue weighted by molar-refractivity contribution is 5.17. The first-order valence-corrected chi connectivity index (χ1v) is 6.91. The molecular formula is C15H26O2. The van der Waals surface area contributed by atoms with Gasteiger partial charge in [-0.3, -0.25) is 0 Å². The molecule has 2 aliphatic rings. The zero-order valence-corrected chi connectivity index (χ0v) is 11.3. The van der Waals surface area contributed by atoms with Crippen LogP contribution in [0.2, 0.25) is 0 Å². The van der Waals surface area contributed by atoms with Crippen molar-refractivity contribution >= 4 is 0 Å². The summed E-state index contributed by atoms with van der Waals surface area (Å²) < 4.78 is 0. The Bertz CT molecular complexity index is 310. The first-order chi connectivity index (χ1) is 7.88. The molecule has 2 fully saturated rings. The molecule has 0 radical (unpaired) electrons. The molecule has 0 aromatic heterocycles. The van der Waals surface area contributed by atoms with E-state index in [1.807, 2.05) is 0 Å². The van der Waals surface area contributed by atoms with E-state index in [2.05, 4.69) is 27.4 Å². The molecule has 0 saturated heterocycles. The van der Waals surface area contributed by atoms with Crippen LogP contribution in [0.25, 0.3) is 0 Å². The number of aliphatic hydroxyl groups is 2. The molecule has 0 spiro atoms. The van der Waals surface area contributed by atoms with Crippen LogP contribution in [0.5, 0.6) is 0 Å². The lowest BCUT2D eigenvalue weighted by Crippen LogP contribution is -2.54. The summed E-state index contributed by atoms with van der Waals surface area (Å²) in [6.07, 6.45) is 3.11. The summed E-state index contributed by atoms with van der Waals surface area (Å²) in [5.74, 6) is 0.948. The summed E-state index contributed by atoms with van der Waals surface area (Å²) in [5, 5.41) is 20.9. The van der Waals surface area contributed by atoms with Crippen LogP contribution in [0.15, 0.2) is 12.2 Å². The van der Waals surface area contributed by atoms with Gasteiger partial charge in [-0.2, -0.15) is 0 Å². The smallest absolute Gasteiger partial charge is 0.0642 e. The normalized spacial score (nSPS) is 47.1. The molecule has 0 bridgehead atoms. The highest BCUT2D eigenvalue weighted by Crippen LogP contribution is 2.54. The van der Waals surface area contributed by atoms with Gasteiger partial charge in [-0.25, -0.2) is 0 Å². The van der Waals surface area contributed by atoms with Gasteiger partial charge in [0, 0.05) is 11.3 Å². The van der Waals surface area contributed by atoms with Crippen molar-refractivity contribution in [1.29, 1.82) is 0 Å². The summed E-state index contributed by atoms with van der Waals surface area (Å²) in [7, 11) is 0. The Morgan fingerprint density at radius 3 is 2.53 bits per heavy atom. The first kappa shape index (κ1) is 13.1. The van der Waals surface area contributed by atoms with Crippen molar-refractivity contribution in [2.75, 3.05) is 0 Å². The molecule has 0 aromatic rings. The van der Waals surface area contributed by atoms with Crippen LogP contribution in [0.4, 0.5) is 0 Å². The van der Waals surface area contributed by atoms with Crippen molar-refractivity contribution in [2.45, 2.75) is 58.7 Å². The van der Waals surface area contributed by atoms with Gasteiger partial charge >= 0.3 is 0 Å². The molecule has 0 amide bonds. The second kappa shape index (κ2) is 4.40. The zero-order chi connectivity index (χ0) is 12.8. The van der Waals surface area contributed by atoms with E-state index in [9.17, 15) is 10.2 Å². The molecule has 17 heavy (non-hydrogen) atoms. The number of fused-ring (bicyclic) bond motifs is 1. The number of aliphatic hydroxyl groups excluding tert-OH is 2. The molecule has 0 aliphatic heterocycles. The molecule has 2 N–H and O–H groups in total. The van der Waals surface area contributed by atoms with Gasteiger partial charge in [-0.05, 0) is 37.5 Å². The van der Waals surface area contributed by atoms with Gasteiger partial charge in [-0.1, -0.05) is 32.9 Å². The van der Waals surface area contributed by atoms with Crippen LogP contribution in [-0.4, -0.2) is 22.4 Å². The van der Waals surface area contributed by atoms with Crippen LogP contribution < -0.4 is 0 Å². The summed E-state index contributed by atoms with van der Waals surface area (Å²) in [6.45, 7) is 10.6.